The first-order chi connectivity index (χ1) is 14.9. The van der Waals surface area contributed by atoms with Crippen LogP contribution in [0.3, 0.4) is 0 Å². The largest absolute Gasteiger partial charge is 0.497 e. The Kier molecular flexibility index (Phi) is 5.48. The molecule has 31 heavy (non-hydrogen) atoms. The van der Waals surface area contributed by atoms with Gasteiger partial charge in [0.15, 0.2) is 0 Å². The molecule has 4 rings (SSSR count). The molecular formula is C24H18ClFN2O3. The first-order valence-electron chi connectivity index (χ1n) is 9.45. The number of anilines is 2. The van der Waals surface area contributed by atoms with Crippen molar-refractivity contribution in [3.8, 4) is 5.75 Å². The zero-order chi connectivity index (χ0) is 22.1. The molecule has 0 bridgehead atoms. The minimum atomic E-state index is -0.531. The van der Waals surface area contributed by atoms with Crippen molar-refractivity contribution in [1.29, 1.82) is 0 Å². The number of rotatable bonds is 5. The number of benzene rings is 3. The Labute approximate surface area is 183 Å². The van der Waals surface area contributed by atoms with Crippen molar-refractivity contribution in [2.24, 2.45) is 0 Å². The average molecular weight is 437 g/mol. The maximum atomic E-state index is 13.5. The fraction of sp³-hybridized carbons (Fsp3) is 0.0833. The molecule has 3 aromatic carbocycles. The van der Waals surface area contributed by atoms with Gasteiger partial charge in [-0.1, -0.05) is 35.9 Å². The lowest BCUT2D eigenvalue weighted by molar-refractivity contribution is -0.120. The molecule has 0 saturated heterocycles. The van der Waals surface area contributed by atoms with E-state index < -0.39 is 17.6 Å². The number of nitrogens with zero attached hydrogens (tertiary/aromatic N) is 1. The summed E-state index contributed by atoms with van der Waals surface area (Å²) >= 11 is 6.12. The van der Waals surface area contributed by atoms with Gasteiger partial charge in [-0.05, 0) is 54.4 Å². The Hall–Kier alpha value is -3.64. The van der Waals surface area contributed by atoms with E-state index in [4.69, 9.17) is 16.3 Å². The predicted octanol–water partition coefficient (Wildman–Crippen LogP) is 5.19. The van der Waals surface area contributed by atoms with Gasteiger partial charge in [0.05, 0.1) is 18.4 Å². The fourth-order valence-electron chi connectivity index (χ4n) is 3.38. The Morgan fingerprint density at radius 2 is 1.71 bits per heavy atom. The van der Waals surface area contributed by atoms with E-state index in [0.717, 1.165) is 10.5 Å². The molecule has 5 nitrogen and oxygen atoms in total. The van der Waals surface area contributed by atoms with Gasteiger partial charge in [0.2, 0.25) is 0 Å². The minimum absolute atomic E-state index is 0.0878. The smallest absolute Gasteiger partial charge is 0.282 e. The molecular weight excluding hydrogens is 419 g/mol. The summed E-state index contributed by atoms with van der Waals surface area (Å²) in [5.41, 5.74) is 2.46. The van der Waals surface area contributed by atoms with E-state index >= 15 is 0 Å². The highest BCUT2D eigenvalue weighted by molar-refractivity contribution is 6.46. The van der Waals surface area contributed by atoms with Crippen LogP contribution in [0.2, 0.25) is 5.02 Å². The average Bonchev–Trinajstić information content (AvgIpc) is 3.01. The third kappa shape index (κ3) is 3.90. The van der Waals surface area contributed by atoms with Gasteiger partial charge in [-0.2, -0.15) is 0 Å². The second-order valence-corrected chi connectivity index (χ2v) is 7.42. The minimum Gasteiger partial charge on any atom is -0.497 e. The number of methoxy groups -OCH3 is 1. The van der Waals surface area contributed by atoms with Crippen LogP contribution in [0.4, 0.5) is 15.8 Å². The van der Waals surface area contributed by atoms with Gasteiger partial charge in [-0.15, -0.1) is 0 Å². The van der Waals surface area contributed by atoms with Crippen molar-refractivity contribution in [2.45, 2.75) is 6.92 Å². The van der Waals surface area contributed by atoms with Crippen LogP contribution in [0.1, 0.15) is 11.1 Å². The van der Waals surface area contributed by atoms with Crippen LogP contribution in [-0.2, 0) is 9.59 Å². The molecule has 156 valence electrons. The monoisotopic (exact) mass is 436 g/mol. The zero-order valence-electron chi connectivity index (χ0n) is 16.8. The van der Waals surface area contributed by atoms with Gasteiger partial charge >= 0.3 is 0 Å². The molecule has 0 radical (unpaired) electrons. The van der Waals surface area contributed by atoms with Crippen LogP contribution in [0.15, 0.2) is 72.4 Å². The van der Waals surface area contributed by atoms with Crippen LogP contribution < -0.4 is 15.0 Å². The SMILES string of the molecule is COc1cccc(N2C(=O)C(Nc3cc(Cl)ccc3C)=C(c3ccc(F)cc3)C2=O)c1. The lowest BCUT2D eigenvalue weighted by Gasteiger charge is -2.16. The number of carbonyl (C=O) groups is 2. The van der Waals surface area contributed by atoms with Gasteiger partial charge in [0, 0.05) is 16.8 Å². The standard InChI is InChI=1S/C24H18ClFN2O3/c1-14-6-9-16(25)12-20(14)27-22-21(15-7-10-17(26)11-8-15)23(29)28(24(22)30)18-4-3-5-19(13-18)31-2/h3-13,27H,1-2H3. The van der Waals surface area contributed by atoms with Gasteiger partial charge in [0.25, 0.3) is 11.8 Å². The van der Waals surface area contributed by atoms with Crippen molar-refractivity contribution in [3.63, 3.8) is 0 Å². The molecule has 1 aliphatic heterocycles. The number of hydrogen-bond acceptors (Lipinski definition) is 4. The Bertz CT molecular complexity index is 1220. The van der Waals surface area contributed by atoms with E-state index in [-0.39, 0.29) is 11.3 Å². The highest BCUT2D eigenvalue weighted by atomic mass is 35.5. The molecule has 1 aliphatic rings. The topological polar surface area (TPSA) is 58.6 Å². The normalized spacial score (nSPS) is 13.7. The van der Waals surface area contributed by atoms with Crippen molar-refractivity contribution >= 4 is 40.4 Å². The summed E-state index contributed by atoms with van der Waals surface area (Å²) in [5, 5.41) is 3.56. The summed E-state index contributed by atoms with van der Waals surface area (Å²) in [5.74, 6) is -0.983. The molecule has 2 amide bonds. The third-order valence-corrected chi connectivity index (χ3v) is 5.22. The van der Waals surface area contributed by atoms with Gasteiger partial charge < -0.3 is 10.1 Å². The van der Waals surface area contributed by atoms with E-state index in [9.17, 15) is 14.0 Å². The summed E-state index contributed by atoms with van der Waals surface area (Å²) in [7, 11) is 1.50. The van der Waals surface area contributed by atoms with Crippen LogP contribution in [0.5, 0.6) is 5.75 Å². The maximum Gasteiger partial charge on any atom is 0.282 e. The molecule has 1 N–H and O–H groups in total. The third-order valence-electron chi connectivity index (χ3n) is 4.99. The second kappa shape index (κ2) is 8.24. The van der Waals surface area contributed by atoms with Crippen LogP contribution in [-0.4, -0.2) is 18.9 Å². The number of nitrogens with one attached hydrogen (secondary N) is 1. The summed E-state index contributed by atoms with van der Waals surface area (Å²) in [6.45, 7) is 1.86. The number of hydrogen-bond donors (Lipinski definition) is 1. The van der Waals surface area contributed by atoms with Gasteiger partial charge in [-0.3, -0.25) is 9.59 Å². The summed E-state index contributed by atoms with van der Waals surface area (Å²) in [6, 6.07) is 17.3. The molecule has 0 unspecified atom stereocenters. The number of halogens is 2. The van der Waals surface area contributed by atoms with E-state index in [2.05, 4.69) is 5.32 Å². The Morgan fingerprint density at radius 1 is 0.968 bits per heavy atom. The number of amides is 2. The van der Waals surface area contributed by atoms with E-state index in [1.807, 2.05) is 13.0 Å². The van der Waals surface area contributed by atoms with Gasteiger partial charge in [-0.25, -0.2) is 9.29 Å². The molecule has 3 aromatic rings. The molecule has 1 heterocycles. The van der Waals surface area contributed by atoms with Crippen LogP contribution >= 0.6 is 11.6 Å². The van der Waals surface area contributed by atoms with Crippen molar-refractivity contribution in [2.75, 3.05) is 17.3 Å². The lowest BCUT2D eigenvalue weighted by atomic mass is 10.0. The van der Waals surface area contributed by atoms with Crippen LogP contribution in [0, 0.1) is 12.7 Å². The summed E-state index contributed by atoms with van der Waals surface area (Å²) in [4.78, 5) is 27.9. The molecule has 7 heteroatoms. The summed E-state index contributed by atoms with van der Waals surface area (Å²) in [6.07, 6.45) is 0. The first-order valence-corrected chi connectivity index (χ1v) is 9.83. The number of carbonyl (C=O) groups excluding carboxylic acids is 2. The highest BCUT2D eigenvalue weighted by Gasteiger charge is 2.40. The number of aryl methyl sites for hydroxylation is 1. The van der Waals surface area contributed by atoms with Crippen LogP contribution in [0.25, 0.3) is 5.57 Å². The van der Waals surface area contributed by atoms with Crippen molar-refractivity contribution < 1.29 is 18.7 Å². The molecule has 0 spiro atoms. The van der Waals surface area contributed by atoms with E-state index in [1.165, 1.54) is 31.4 Å². The molecule has 0 aromatic heterocycles. The summed E-state index contributed by atoms with van der Waals surface area (Å²) < 4.78 is 18.7. The quantitative estimate of drug-likeness (QED) is 0.559. The number of ether oxygens (including phenoxy) is 1. The number of imide groups is 1. The van der Waals surface area contributed by atoms with Crippen molar-refractivity contribution in [1.82, 2.24) is 0 Å². The molecule has 0 saturated carbocycles. The Morgan fingerprint density at radius 3 is 2.42 bits per heavy atom. The zero-order valence-corrected chi connectivity index (χ0v) is 17.5. The molecule has 0 fully saturated rings. The fourth-order valence-corrected chi connectivity index (χ4v) is 3.55. The van der Waals surface area contributed by atoms with Crippen molar-refractivity contribution in [3.05, 3.63) is 94.4 Å². The Balaban J connectivity index is 1.84. The maximum absolute atomic E-state index is 13.5. The molecule has 0 atom stereocenters. The first kappa shape index (κ1) is 20.6. The second-order valence-electron chi connectivity index (χ2n) is 6.99. The van der Waals surface area contributed by atoms with E-state index in [1.54, 1.807) is 36.4 Å². The molecule has 0 aliphatic carbocycles. The predicted molar refractivity (Wildman–Crippen MR) is 119 cm³/mol. The highest BCUT2D eigenvalue weighted by Crippen LogP contribution is 2.35. The van der Waals surface area contributed by atoms with Gasteiger partial charge in [0.1, 0.15) is 17.3 Å². The lowest BCUT2D eigenvalue weighted by Crippen LogP contribution is -2.32. The van der Waals surface area contributed by atoms with E-state index in [0.29, 0.717) is 27.7 Å².